The number of hydrogen-bond donors (Lipinski definition) is 0. The molecule has 2 atom stereocenters. The number of carbonyl (C=O) groups excluding carboxylic acids is 1. The Bertz CT molecular complexity index is 480. The summed E-state index contributed by atoms with van der Waals surface area (Å²) in [5.41, 5.74) is 1.49. The van der Waals surface area contributed by atoms with E-state index in [-0.39, 0.29) is 23.4 Å². The second kappa shape index (κ2) is 8.17. The fourth-order valence-corrected chi connectivity index (χ4v) is 2.36. The highest BCUT2D eigenvalue weighted by atomic mass is 16.5. The molecule has 0 N–H and O–H groups in total. The van der Waals surface area contributed by atoms with Gasteiger partial charge < -0.3 is 4.74 Å². The quantitative estimate of drug-likeness (QED) is 0.544. The molecule has 0 aromatic heterocycles. The molecule has 0 fully saturated rings. The fourth-order valence-electron chi connectivity index (χ4n) is 2.36. The number of allylic oxidation sites excluding steroid dienone is 1. The van der Waals surface area contributed by atoms with Crippen molar-refractivity contribution < 1.29 is 9.53 Å². The van der Waals surface area contributed by atoms with Crippen molar-refractivity contribution >= 4 is 5.97 Å². The molecule has 0 aliphatic carbocycles. The van der Waals surface area contributed by atoms with Crippen molar-refractivity contribution in [3.05, 3.63) is 48.0 Å². The van der Waals surface area contributed by atoms with Crippen molar-refractivity contribution in [3.8, 4) is 0 Å². The van der Waals surface area contributed by atoms with Crippen LogP contribution < -0.4 is 0 Å². The van der Waals surface area contributed by atoms with Crippen LogP contribution in [-0.2, 0) is 16.0 Å². The number of carbonyl (C=O) groups is 1. The summed E-state index contributed by atoms with van der Waals surface area (Å²) in [6, 6.07) is 10.5. The average Bonchev–Trinajstić information content (AvgIpc) is 2.41. The van der Waals surface area contributed by atoms with E-state index in [1.807, 2.05) is 6.07 Å². The predicted molar refractivity (Wildman–Crippen MR) is 92.6 cm³/mol. The molecule has 1 rings (SSSR count). The van der Waals surface area contributed by atoms with Gasteiger partial charge >= 0.3 is 5.97 Å². The van der Waals surface area contributed by atoms with Crippen molar-refractivity contribution in [1.29, 1.82) is 0 Å². The molecule has 1 aromatic rings. The molecule has 22 heavy (non-hydrogen) atoms. The Balaban J connectivity index is 2.88. The van der Waals surface area contributed by atoms with Crippen molar-refractivity contribution in [2.45, 2.75) is 54.1 Å². The molecule has 0 radical (unpaired) electrons. The minimum atomic E-state index is -0.223. The van der Waals surface area contributed by atoms with E-state index in [0.717, 1.165) is 6.42 Å². The Morgan fingerprint density at radius 1 is 1.14 bits per heavy atom. The molecule has 0 aliphatic rings. The van der Waals surface area contributed by atoms with E-state index in [1.165, 1.54) is 12.5 Å². The molecule has 0 bridgehead atoms. The first-order chi connectivity index (χ1) is 10.2. The normalized spacial score (nSPS) is 15.0. The minimum absolute atomic E-state index is 0.155. The molecule has 0 saturated carbocycles. The summed E-state index contributed by atoms with van der Waals surface area (Å²) in [4.78, 5) is 11.2. The van der Waals surface area contributed by atoms with Gasteiger partial charge in [-0.05, 0) is 35.3 Å². The first kappa shape index (κ1) is 18.5. The summed E-state index contributed by atoms with van der Waals surface area (Å²) in [6.45, 7) is 12.4. The third kappa shape index (κ3) is 6.46. The second-order valence-corrected chi connectivity index (χ2v) is 7.37. The Kier molecular flexibility index (Phi) is 6.86. The van der Waals surface area contributed by atoms with E-state index in [0.29, 0.717) is 5.92 Å². The maximum Gasteiger partial charge on any atom is 0.303 e. The third-order valence-corrected chi connectivity index (χ3v) is 3.90. The van der Waals surface area contributed by atoms with Crippen LogP contribution in [0.15, 0.2) is 42.5 Å². The van der Waals surface area contributed by atoms with Crippen LogP contribution in [0.4, 0.5) is 0 Å². The van der Waals surface area contributed by atoms with Crippen LogP contribution in [-0.4, -0.2) is 12.1 Å². The molecule has 2 unspecified atom stereocenters. The van der Waals surface area contributed by atoms with Crippen LogP contribution in [0.3, 0.4) is 0 Å². The summed E-state index contributed by atoms with van der Waals surface area (Å²) in [7, 11) is 0. The van der Waals surface area contributed by atoms with Gasteiger partial charge in [0.05, 0.1) is 0 Å². The van der Waals surface area contributed by atoms with Crippen LogP contribution in [0.5, 0.6) is 0 Å². The fraction of sp³-hybridized carbons (Fsp3) is 0.550. The Morgan fingerprint density at radius 3 is 2.18 bits per heavy atom. The molecule has 0 saturated heterocycles. The summed E-state index contributed by atoms with van der Waals surface area (Å²) in [6.07, 6.45) is 5.12. The molecule has 1 aromatic carbocycles. The summed E-state index contributed by atoms with van der Waals surface area (Å²) >= 11 is 0. The molecule has 122 valence electrons. The number of ether oxygens (including phenoxy) is 1. The van der Waals surface area contributed by atoms with Gasteiger partial charge in [0, 0.05) is 6.92 Å². The lowest BCUT2D eigenvalue weighted by Crippen LogP contribution is -2.24. The largest absolute Gasteiger partial charge is 0.458 e. The Labute approximate surface area is 135 Å². The van der Waals surface area contributed by atoms with Crippen LogP contribution in [0.2, 0.25) is 0 Å². The number of rotatable bonds is 6. The van der Waals surface area contributed by atoms with Gasteiger partial charge in [-0.1, -0.05) is 71.0 Å². The molecule has 2 heteroatoms. The minimum Gasteiger partial charge on any atom is -0.458 e. The maximum absolute atomic E-state index is 11.2. The van der Waals surface area contributed by atoms with Crippen LogP contribution in [0.25, 0.3) is 0 Å². The topological polar surface area (TPSA) is 26.3 Å². The zero-order valence-corrected chi connectivity index (χ0v) is 14.8. The molecule has 0 amide bonds. The molecular weight excluding hydrogens is 272 g/mol. The van der Waals surface area contributed by atoms with Gasteiger partial charge in [-0.15, -0.1) is 0 Å². The number of benzene rings is 1. The highest BCUT2D eigenvalue weighted by Crippen LogP contribution is 2.30. The van der Waals surface area contributed by atoms with Gasteiger partial charge in [0.2, 0.25) is 0 Å². The van der Waals surface area contributed by atoms with Crippen LogP contribution in [0.1, 0.15) is 47.1 Å². The van der Waals surface area contributed by atoms with Gasteiger partial charge in [-0.2, -0.15) is 0 Å². The molecule has 0 aliphatic heterocycles. The molecular formula is C20H30O2. The average molecular weight is 302 g/mol. The smallest absolute Gasteiger partial charge is 0.303 e. The van der Waals surface area contributed by atoms with Crippen molar-refractivity contribution in [3.63, 3.8) is 0 Å². The zero-order valence-electron chi connectivity index (χ0n) is 14.8. The maximum atomic E-state index is 11.2. The highest BCUT2D eigenvalue weighted by Gasteiger charge is 2.23. The third-order valence-electron chi connectivity index (χ3n) is 3.90. The Hall–Kier alpha value is -1.57. The highest BCUT2D eigenvalue weighted by molar-refractivity contribution is 5.66. The van der Waals surface area contributed by atoms with E-state index in [2.05, 4.69) is 71.0 Å². The summed E-state index contributed by atoms with van der Waals surface area (Å²) in [5.74, 6) is 0.447. The van der Waals surface area contributed by atoms with E-state index >= 15 is 0 Å². The standard InChI is InChI=1S/C20H30O2/c1-15(2)19(22-16(3)21)13-12-18(20(4,5)6)14-17-10-8-7-9-11-17/h7-13,15,18-19H,14H2,1-6H3/b13-12+. The predicted octanol–water partition coefficient (Wildman–Crippen LogP) is 5.04. The lowest BCUT2D eigenvalue weighted by molar-refractivity contribution is -0.145. The first-order valence-electron chi connectivity index (χ1n) is 8.09. The van der Waals surface area contributed by atoms with E-state index in [1.54, 1.807) is 0 Å². The van der Waals surface area contributed by atoms with Crippen molar-refractivity contribution in [1.82, 2.24) is 0 Å². The van der Waals surface area contributed by atoms with Crippen LogP contribution >= 0.6 is 0 Å². The zero-order chi connectivity index (χ0) is 16.8. The van der Waals surface area contributed by atoms with Crippen LogP contribution in [0, 0.1) is 17.3 Å². The van der Waals surface area contributed by atoms with Gasteiger partial charge in [0.25, 0.3) is 0 Å². The molecule has 2 nitrogen and oxygen atoms in total. The lowest BCUT2D eigenvalue weighted by Gasteiger charge is -2.29. The van der Waals surface area contributed by atoms with E-state index < -0.39 is 0 Å². The van der Waals surface area contributed by atoms with E-state index in [9.17, 15) is 4.79 Å². The number of hydrogen-bond acceptors (Lipinski definition) is 2. The lowest BCUT2D eigenvalue weighted by atomic mass is 9.77. The SMILES string of the molecule is CC(=O)OC(/C=C/C(Cc1ccccc1)C(C)(C)C)C(C)C. The van der Waals surface area contributed by atoms with Gasteiger partial charge in [-0.3, -0.25) is 4.79 Å². The second-order valence-electron chi connectivity index (χ2n) is 7.37. The molecule has 0 spiro atoms. The van der Waals surface area contributed by atoms with Gasteiger partial charge in [0.15, 0.2) is 0 Å². The number of esters is 1. The van der Waals surface area contributed by atoms with Gasteiger partial charge in [-0.25, -0.2) is 0 Å². The van der Waals surface area contributed by atoms with Crippen molar-refractivity contribution in [2.75, 3.05) is 0 Å². The van der Waals surface area contributed by atoms with Crippen molar-refractivity contribution in [2.24, 2.45) is 17.3 Å². The monoisotopic (exact) mass is 302 g/mol. The Morgan fingerprint density at radius 2 is 1.73 bits per heavy atom. The summed E-state index contributed by atoms with van der Waals surface area (Å²) < 4.78 is 5.40. The van der Waals surface area contributed by atoms with Gasteiger partial charge in [0.1, 0.15) is 6.10 Å². The van der Waals surface area contributed by atoms with E-state index in [4.69, 9.17) is 4.74 Å². The first-order valence-corrected chi connectivity index (χ1v) is 8.09. The molecule has 0 heterocycles. The summed E-state index contributed by atoms with van der Waals surface area (Å²) in [5, 5.41) is 0.